The van der Waals surface area contributed by atoms with Crippen LogP contribution in [0.2, 0.25) is 0 Å². The minimum Gasteiger partial charge on any atom is -0.369 e. The minimum atomic E-state index is 0.606. The summed E-state index contributed by atoms with van der Waals surface area (Å²) in [5.41, 5.74) is 6.48. The lowest BCUT2D eigenvalue weighted by molar-refractivity contribution is 0.773. The van der Waals surface area contributed by atoms with E-state index < -0.39 is 0 Å². The number of nitrogens with two attached hydrogens (primary N) is 1. The van der Waals surface area contributed by atoms with Crippen LogP contribution in [0.4, 0.5) is 5.95 Å². The van der Waals surface area contributed by atoms with E-state index in [0.29, 0.717) is 5.95 Å². The van der Waals surface area contributed by atoms with Crippen LogP contribution in [0.1, 0.15) is 12.6 Å². The first-order valence-electron chi connectivity index (χ1n) is 3.03. The molecule has 9 heavy (non-hydrogen) atoms. The quantitative estimate of drug-likeness (QED) is 0.603. The molecule has 0 amide bonds. The molecule has 0 atom stereocenters. The van der Waals surface area contributed by atoms with E-state index >= 15 is 0 Å². The minimum absolute atomic E-state index is 0.606. The van der Waals surface area contributed by atoms with Crippen molar-refractivity contribution in [3.63, 3.8) is 0 Å². The van der Waals surface area contributed by atoms with E-state index in [1.165, 1.54) is 0 Å². The maximum Gasteiger partial charge on any atom is 0.200 e. The number of anilines is 1. The largest absolute Gasteiger partial charge is 0.369 e. The molecule has 0 bridgehead atoms. The van der Waals surface area contributed by atoms with Gasteiger partial charge in [0.15, 0.2) is 5.95 Å². The van der Waals surface area contributed by atoms with Gasteiger partial charge in [-0.25, -0.2) is 4.98 Å². The number of rotatable bonds is 1. The Labute approximate surface area is 54.5 Å². The van der Waals surface area contributed by atoms with Gasteiger partial charge in [-0.3, -0.25) is 0 Å². The first kappa shape index (κ1) is 6.13. The first-order valence-corrected chi connectivity index (χ1v) is 3.03. The van der Waals surface area contributed by atoms with E-state index in [2.05, 4.69) is 4.98 Å². The van der Waals surface area contributed by atoms with Gasteiger partial charge in [-0.2, -0.15) is 0 Å². The van der Waals surface area contributed by atoms with Gasteiger partial charge in [0.05, 0.1) is 5.69 Å². The van der Waals surface area contributed by atoms with Crippen molar-refractivity contribution in [2.24, 2.45) is 0 Å². The van der Waals surface area contributed by atoms with Crippen LogP contribution in [0.3, 0.4) is 0 Å². The number of hydrogen-bond donors (Lipinski definition) is 1. The summed E-state index contributed by atoms with van der Waals surface area (Å²) < 4.78 is 1.91. The SMILES string of the molecule is CCn1cc(C)nc1N. The Morgan fingerprint density at radius 3 is 2.67 bits per heavy atom. The topological polar surface area (TPSA) is 43.8 Å². The van der Waals surface area contributed by atoms with Gasteiger partial charge in [-0.1, -0.05) is 0 Å². The molecule has 0 unspecified atom stereocenters. The van der Waals surface area contributed by atoms with Crippen molar-refractivity contribution in [2.45, 2.75) is 20.4 Å². The highest BCUT2D eigenvalue weighted by Gasteiger charge is 1.95. The summed E-state index contributed by atoms with van der Waals surface area (Å²) in [5.74, 6) is 0.606. The van der Waals surface area contributed by atoms with Crippen molar-refractivity contribution >= 4 is 5.95 Å². The van der Waals surface area contributed by atoms with Crippen LogP contribution in [0.25, 0.3) is 0 Å². The molecule has 0 spiro atoms. The van der Waals surface area contributed by atoms with Crippen LogP contribution in [-0.2, 0) is 6.54 Å². The van der Waals surface area contributed by atoms with Crippen molar-refractivity contribution < 1.29 is 0 Å². The van der Waals surface area contributed by atoms with Gasteiger partial charge in [0.1, 0.15) is 0 Å². The lowest BCUT2D eigenvalue weighted by atomic mass is 10.6. The third kappa shape index (κ3) is 1.04. The molecule has 0 aromatic carbocycles. The Kier molecular flexibility index (Phi) is 1.42. The first-order chi connectivity index (χ1) is 4.24. The Hall–Kier alpha value is -0.990. The number of hydrogen-bond acceptors (Lipinski definition) is 2. The highest BCUT2D eigenvalue weighted by atomic mass is 15.1. The second kappa shape index (κ2) is 2.09. The van der Waals surface area contributed by atoms with E-state index in [4.69, 9.17) is 5.73 Å². The Balaban J connectivity index is 3.01. The standard InChI is InChI=1S/C6H11N3/c1-3-9-4-5(2)8-6(9)7/h4H,3H2,1-2H3,(H2,7,8). The van der Waals surface area contributed by atoms with Gasteiger partial charge in [0.25, 0.3) is 0 Å². The van der Waals surface area contributed by atoms with Crippen LogP contribution in [0.15, 0.2) is 6.20 Å². The lowest BCUT2D eigenvalue weighted by Gasteiger charge is -1.95. The molecule has 50 valence electrons. The maximum absolute atomic E-state index is 5.50. The highest BCUT2D eigenvalue weighted by molar-refractivity contribution is 5.20. The van der Waals surface area contributed by atoms with E-state index in [1.807, 2.05) is 24.6 Å². The fraction of sp³-hybridized carbons (Fsp3) is 0.500. The van der Waals surface area contributed by atoms with Crippen LogP contribution >= 0.6 is 0 Å². The second-order valence-corrected chi connectivity index (χ2v) is 2.03. The Morgan fingerprint density at radius 1 is 1.78 bits per heavy atom. The molecule has 1 heterocycles. The molecule has 0 aliphatic carbocycles. The molecular formula is C6H11N3. The monoisotopic (exact) mass is 125 g/mol. The average Bonchev–Trinajstić information content (AvgIpc) is 2.10. The summed E-state index contributed by atoms with van der Waals surface area (Å²) in [6, 6.07) is 0. The Bertz CT molecular complexity index is 202. The molecule has 1 aromatic heterocycles. The molecule has 0 aliphatic heterocycles. The van der Waals surface area contributed by atoms with Gasteiger partial charge in [0, 0.05) is 12.7 Å². The fourth-order valence-electron chi connectivity index (χ4n) is 0.819. The van der Waals surface area contributed by atoms with Crippen molar-refractivity contribution in [3.05, 3.63) is 11.9 Å². The molecular weight excluding hydrogens is 114 g/mol. The molecule has 0 saturated carbocycles. The molecule has 3 heteroatoms. The lowest BCUT2D eigenvalue weighted by Crippen LogP contribution is -1.98. The zero-order chi connectivity index (χ0) is 6.85. The van der Waals surface area contributed by atoms with Gasteiger partial charge in [-0.15, -0.1) is 0 Å². The second-order valence-electron chi connectivity index (χ2n) is 2.03. The summed E-state index contributed by atoms with van der Waals surface area (Å²) in [4.78, 5) is 4.02. The summed E-state index contributed by atoms with van der Waals surface area (Å²) in [5, 5.41) is 0. The third-order valence-corrected chi connectivity index (χ3v) is 1.27. The molecule has 0 fully saturated rings. The summed E-state index contributed by atoms with van der Waals surface area (Å²) >= 11 is 0. The molecule has 0 aliphatic rings. The molecule has 1 aromatic rings. The average molecular weight is 125 g/mol. The van der Waals surface area contributed by atoms with E-state index in [-0.39, 0.29) is 0 Å². The number of nitrogen functional groups attached to an aromatic ring is 1. The predicted molar refractivity (Wildman–Crippen MR) is 37.1 cm³/mol. The number of nitrogens with zero attached hydrogens (tertiary/aromatic N) is 2. The zero-order valence-electron chi connectivity index (χ0n) is 5.76. The molecule has 0 radical (unpaired) electrons. The van der Waals surface area contributed by atoms with Crippen LogP contribution in [-0.4, -0.2) is 9.55 Å². The fourth-order valence-corrected chi connectivity index (χ4v) is 0.819. The predicted octanol–water partition coefficient (Wildman–Crippen LogP) is 0.794. The van der Waals surface area contributed by atoms with Gasteiger partial charge < -0.3 is 10.3 Å². The number of aromatic nitrogens is 2. The highest BCUT2D eigenvalue weighted by Crippen LogP contribution is 2.01. The third-order valence-electron chi connectivity index (χ3n) is 1.27. The molecule has 1 rings (SSSR count). The smallest absolute Gasteiger partial charge is 0.200 e. The van der Waals surface area contributed by atoms with Crippen LogP contribution in [0, 0.1) is 6.92 Å². The van der Waals surface area contributed by atoms with Crippen molar-refractivity contribution in [3.8, 4) is 0 Å². The molecule has 3 nitrogen and oxygen atoms in total. The molecule has 2 N–H and O–H groups in total. The summed E-state index contributed by atoms with van der Waals surface area (Å²) in [7, 11) is 0. The van der Waals surface area contributed by atoms with Crippen molar-refractivity contribution in [1.29, 1.82) is 0 Å². The molecule has 0 saturated heterocycles. The number of imidazole rings is 1. The van der Waals surface area contributed by atoms with E-state index in [1.54, 1.807) is 0 Å². The van der Waals surface area contributed by atoms with Gasteiger partial charge >= 0.3 is 0 Å². The van der Waals surface area contributed by atoms with E-state index in [0.717, 1.165) is 12.2 Å². The van der Waals surface area contributed by atoms with Gasteiger partial charge in [-0.05, 0) is 13.8 Å². The summed E-state index contributed by atoms with van der Waals surface area (Å²) in [6.07, 6.45) is 1.94. The number of aryl methyl sites for hydroxylation is 2. The maximum atomic E-state index is 5.50. The zero-order valence-corrected chi connectivity index (χ0v) is 5.76. The van der Waals surface area contributed by atoms with Crippen LogP contribution < -0.4 is 5.73 Å². The van der Waals surface area contributed by atoms with Gasteiger partial charge in [0.2, 0.25) is 0 Å². The van der Waals surface area contributed by atoms with Crippen molar-refractivity contribution in [2.75, 3.05) is 5.73 Å². The van der Waals surface area contributed by atoms with Crippen LogP contribution in [0.5, 0.6) is 0 Å². The normalized spacial score (nSPS) is 10.0. The van der Waals surface area contributed by atoms with E-state index in [9.17, 15) is 0 Å². The summed E-state index contributed by atoms with van der Waals surface area (Å²) in [6.45, 7) is 4.87. The Morgan fingerprint density at radius 2 is 2.44 bits per heavy atom. The van der Waals surface area contributed by atoms with Crippen molar-refractivity contribution in [1.82, 2.24) is 9.55 Å².